The molecular formula is C18H27FN2O2. The molecule has 0 radical (unpaired) electrons. The molecule has 23 heavy (non-hydrogen) atoms. The first kappa shape index (κ1) is 17.7. The maximum Gasteiger partial charge on any atom is 0.251 e. The smallest absolute Gasteiger partial charge is 0.251 e. The highest BCUT2D eigenvalue weighted by Gasteiger charge is 2.33. The van der Waals surface area contributed by atoms with Crippen molar-refractivity contribution >= 4 is 5.91 Å². The number of amides is 1. The minimum Gasteiger partial charge on any atom is -0.494 e. The first-order chi connectivity index (χ1) is 11.0. The number of carbonyl (C=O) groups excluding carboxylic acids is 1. The molecular weight excluding hydrogens is 295 g/mol. The van der Waals surface area contributed by atoms with E-state index in [1.807, 2.05) is 0 Å². The molecule has 0 saturated heterocycles. The molecule has 2 rings (SSSR count). The molecule has 0 heterocycles. The van der Waals surface area contributed by atoms with Crippen molar-refractivity contribution in [1.82, 2.24) is 10.2 Å². The Morgan fingerprint density at radius 3 is 2.43 bits per heavy atom. The molecule has 1 N–H and O–H groups in total. The summed E-state index contributed by atoms with van der Waals surface area (Å²) in [5, 5.41) is 3.00. The molecule has 0 aliphatic heterocycles. The van der Waals surface area contributed by atoms with E-state index in [0.717, 1.165) is 12.8 Å². The second-order valence-corrected chi connectivity index (χ2v) is 6.56. The van der Waals surface area contributed by atoms with Crippen LogP contribution in [-0.2, 0) is 0 Å². The van der Waals surface area contributed by atoms with Crippen molar-refractivity contribution in [2.24, 2.45) is 0 Å². The third kappa shape index (κ3) is 4.22. The van der Waals surface area contributed by atoms with Crippen LogP contribution in [0.3, 0.4) is 0 Å². The zero-order valence-corrected chi connectivity index (χ0v) is 14.3. The number of methoxy groups -OCH3 is 1. The second-order valence-electron chi connectivity index (χ2n) is 6.56. The molecule has 0 bridgehead atoms. The average molecular weight is 322 g/mol. The first-order valence-corrected chi connectivity index (χ1v) is 8.28. The van der Waals surface area contributed by atoms with Gasteiger partial charge < -0.3 is 15.0 Å². The van der Waals surface area contributed by atoms with Crippen LogP contribution in [0.1, 0.15) is 48.9 Å². The van der Waals surface area contributed by atoms with Gasteiger partial charge in [0.2, 0.25) is 0 Å². The molecule has 0 atom stereocenters. The van der Waals surface area contributed by atoms with Crippen LogP contribution < -0.4 is 10.1 Å². The Labute approximate surface area is 138 Å². The van der Waals surface area contributed by atoms with Gasteiger partial charge >= 0.3 is 0 Å². The summed E-state index contributed by atoms with van der Waals surface area (Å²) in [6.07, 6.45) is 7.05. The standard InChI is InChI=1S/C18H27FN2O2/c1-21(2)18(10-6-4-5-7-11-18)13-20-17(22)14-8-9-16(23-3)15(19)12-14/h8-9,12H,4-7,10-11,13H2,1-3H3,(H,20,22). The van der Waals surface area contributed by atoms with Crippen molar-refractivity contribution in [2.75, 3.05) is 27.7 Å². The number of hydrogen-bond donors (Lipinski definition) is 1. The molecule has 5 heteroatoms. The first-order valence-electron chi connectivity index (χ1n) is 8.28. The Morgan fingerprint density at radius 2 is 1.91 bits per heavy atom. The van der Waals surface area contributed by atoms with Crippen molar-refractivity contribution in [2.45, 2.75) is 44.1 Å². The largest absolute Gasteiger partial charge is 0.494 e. The summed E-state index contributed by atoms with van der Waals surface area (Å²) in [6.45, 7) is 0.590. The number of nitrogens with zero attached hydrogens (tertiary/aromatic N) is 1. The highest BCUT2D eigenvalue weighted by molar-refractivity contribution is 5.94. The van der Waals surface area contributed by atoms with Crippen LogP contribution in [0.15, 0.2) is 18.2 Å². The second kappa shape index (κ2) is 7.77. The average Bonchev–Trinajstić information content (AvgIpc) is 2.79. The van der Waals surface area contributed by atoms with Gasteiger partial charge in [-0.3, -0.25) is 4.79 Å². The van der Waals surface area contributed by atoms with E-state index in [1.165, 1.54) is 44.9 Å². The van der Waals surface area contributed by atoms with Crippen molar-refractivity contribution in [3.63, 3.8) is 0 Å². The highest BCUT2D eigenvalue weighted by atomic mass is 19.1. The Hall–Kier alpha value is -1.62. The predicted octanol–water partition coefficient (Wildman–Crippen LogP) is 3.22. The number of carbonyl (C=O) groups is 1. The van der Waals surface area contributed by atoms with Gasteiger partial charge in [0.1, 0.15) is 0 Å². The lowest BCUT2D eigenvalue weighted by Crippen LogP contribution is -2.52. The Bertz CT molecular complexity index is 538. The lowest BCUT2D eigenvalue weighted by atomic mass is 9.88. The number of benzene rings is 1. The van der Waals surface area contributed by atoms with Crippen LogP contribution >= 0.6 is 0 Å². The number of ether oxygens (including phenoxy) is 1. The van der Waals surface area contributed by atoms with Crippen LogP contribution in [0.2, 0.25) is 0 Å². The number of likely N-dealkylation sites (N-methyl/N-ethyl adjacent to an activating group) is 1. The lowest BCUT2D eigenvalue weighted by molar-refractivity contribution is 0.0868. The van der Waals surface area contributed by atoms with Crippen molar-refractivity contribution in [3.05, 3.63) is 29.6 Å². The fourth-order valence-corrected chi connectivity index (χ4v) is 3.32. The molecule has 1 aromatic carbocycles. The molecule has 128 valence electrons. The van der Waals surface area contributed by atoms with Gasteiger partial charge in [-0.15, -0.1) is 0 Å². The third-order valence-corrected chi connectivity index (χ3v) is 4.97. The van der Waals surface area contributed by atoms with Crippen LogP contribution in [0, 0.1) is 5.82 Å². The highest BCUT2D eigenvalue weighted by Crippen LogP contribution is 2.30. The molecule has 1 amide bonds. The van der Waals surface area contributed by atoms with E-state index < -0.39 is 5.82 Å². The van der Waals surface area contributed by atoms with E-state index in [-0.39, 0.29) is 17.2 Å². The van der Waals surface area contributed by atoms with Gasteiger partial charge in [-0.1, -0.05) is 25.7 Å². The molecule has 1 saturated carbocycles. The summed E-state index contributed by atoms with van der Waals surface area (Å²) in [6, 6.07) is 4.30. The van der Waals surface area contributed by atoms with E-state index >= 15 is 0 Å². The molecule has 0 aromatic heterocycles. The minimum absolute atomic E-state index is 0.00280. The molecule has 1 aliphatic rings. The Morgan fingerprint density at radius 1 is 1.26 bits per heavy atom. The zero-order chi connectivity index (χ0) is 16.9. The lowest BCUT2D eigenvalue weighted by Gasteiger charge is -2.39. The quantitative estimate of drug-likeness (QED) is 0.846. The van der Waals surface area contributed by atoms with Gasteiger partial charge in [0.05, 0.1) is 7.11 Å². The third-order valence-electron chi connectivity index (χ3n) is 4.97. The summed E-state index contributed by atoms with van der Waals surface area (Å²) in [5.41, 5.74) is 0.322. The molecule has 0 unspecified atom stereocenters. The van der Waals surface area contributed by atoms with Crippen LogP contribution in [-0.4, -0.2) is 44.1 Å². The van der Waals surface area contributed by atoms with Gasteiger partial charge in [0, 0.05) is 17.6 Å². The summed E-state index contributed by atoms with van der Waals surface area (Å²) < 4.78 is 18.6. The minimum atomic E-state index is -0.517. The van der Waals surface area contributed by atoms with Crippen molar-refractivity contribution in [3.8, 4) is 5.75 Å². The summed E-state index contributed by atoms with van der Waals surface area (Å²) in [5.74, 6) is -0.607. The van der Waals surface area contributed by atoms with Gasteiger partial charge in [0.25, 0.3) is 5.91 Å². The van der Waals surface area contributed by atoms with Crippen LogP contribution in [0.5, 0.6) is 5.75 Å². The molecule has 1 fully saturated rings. The zero-order valence-electron chi connectivity index (χ0n) is 14.3. The van der Waals surface area contributed by atoms with Crippen molar-refractivity contribution < 1.29 is 13.9 Å². The van der Waals surface area contributed by atoms with E-state index in [9.17, 15) is 9.18 Å². The van der Waals surface area contributed by atoms with Gasteiger partial charge in [-0.05, 0) is 45.1 Å². The Kier molecular flexibility index (Phi) is 5.99. The van der Waals surface area contributed by atoms with Gasteiger partial charge in [-0.2, -0.15) is 0 Å². The summed E-state index contributed by atoms with van der Waals surface area (Å²) in [4.78, 5) is 14.6. The number of rotatable bonds is 5. The maximum absolute atomic E-state index is 13.7. The molecule has 4 nitrogen and oxygen atoms in total. The van der Waals surface area contributed by atoms with Crippen molar-refractivity contribution in [1.29, 1.82) is 0 Å². The van der Waals surface area contributed by atoms with E-state index in [4.69, 9.17) is 4.74 Å². The molecule has 0 spiro atoms. The monoisotopic (exact) mass is 322 g/mol. The molecule has 1 aromatic rings. The van der Waals surface area contributed by atoms with Crippen LogP contribution in [0.4, 0.5) is 4.39 Å². The SMILES string of the molecule is COc1ccc(C(=O)NCC2(N(C)C)CCCCCC2)cc1F. The van der Waals surface area contributed by atoms with E-state index in [0.29, 0.717) is 12.1 Å². The van der Waals surface area contributed by atoms with Crippen LogP contribution in [0.25, 0.3) is 0 Å². The normalized spacial score (nSPS) is 17.6. The van der Waals surface area contributed by atoms with E-state index in [2.05, 4.69) is 24.3 Å². The Balaban J connectivity index is 2.05. The topological polar surface area (TPSA) is 41.6 Å². The van der Waals surface area contributed by atoms with Gasteiger partial charge in [0.15, 0.2) is 11.6 Å². The van der Waals surface area contributed by atoms with E-state index in [1.54, 1.807) is 6.07 Å². The number of nitrogens with one attached hydrogen (secondary N) is 1. The predicted molar refractivity (Wildman–Crippen MR) is 89.4 cm³/mol. The molecule has 1 aliphatic carbocycles. The fraction of sp³-hybridized carbons (Fsp3) is 0.611. The van der Waals surface area contributed by atoms with Gasteiger partial charge in [-0.25, -0.2) is 4.39 Å². The number of halogens is 1. The fourth-order valence-electron chi connectivity index (χ4n) is 3.32. The number of hydrogen-bond acceptors (Lipinski definition) is 3. The maximum atomic E-state index is 13.7. The summed E-state index contributed by atoms with van der Waals surface area (Å²) in [7, 11) is 5.56. The summed E-state index contributed by atoms with van der Waals surface area (Å²) >= 11 is 0.